The first-order chi connectivity index (χ1) is 9.47. The number of carboxylic acid groups (broad SMARTS) is 1. The molecule has 1 aliphatic heterocycles. The summed E-state index contributed by atoms with van der Waals surface area (Å²) in [5.41, 5.74) is 1.04. The largest absolute Gasteiger partial charge is 0.481 e. The van der Waals surface area contributed by atoms with Gasteiger partial charge in [0.1, 0.15) is 0 Å². The predicted octanol–water partition coefficient (Wildman–Crippen LogP) is 4.24. The van der Waals surface area contributed by atoms with E-state index in [1.165, 1.54) is 0 Å². The molecule has 1 aliphatic rings. The van der Waals surface area contributed by atoms with Crippen LogP contribution in [0.2, 0.25) is 10.0 Å². The summed E-state index contributed by atoms with van der Waals surface area (Å²) in [7, 11) is 0. The van der Waals surface area contributed by atoms with Crippen molar-refractivity contribution in [1.29, 1.82) is 0 Å². The lowest BCUT2D eigenvalue weighted by atomic mass is 10.0. The molecule has 0 saturated carbocycles. The second kappa shape index (κ2) is 6.79. The van der Waals surface area contributed by atoms with Crippen molar-refractivity contribution in [2.45, 2.75) is 32.2 Å². The van der Waals surface area contributed by atoms with E-state index in [0.717, 1.165) is 36.5 Å². The van der Waals surface area contributed by atoms with Crippen LogP contribution in [0.5, 0.6) is 0 Å². The van der Waals surface area contributed by atoms with E-state index < -0.39 is 5.97 Å². The summed E-state index contributed by atoms with van der Waals surface area (Å²) in [5.74, 6) is -0.249. The van der Waals surface area contributed by atoms with Crippen molar-refractivity contribution in [3.63, 3.8) is 0 Å². The summed E-state index contributed by atoms with van der Waals surface area (Å²) in [5, 5.41) is 10.2. The van der Waals surface area contributed by atoms with Gasteiger partial charge in [-0.15, -0.1) is 0 Å². The van der Waals surface area contributed by atoms with Gasteiger partial charge in [-0.05, 0) is 56.0 Å². The first-order valence-corrected chi connectivity index (χ1v) is 7.63. The highest BCUT2D eigenvalue weighted by Crippen LogP contribution is 2.34. The molecule has 1 heterocycles. The molecule has 1 N–H and O–H groups in total. The summed E-state index contributed by atoms with van der Waals surface area (Å²) >= 11 is 12.3. The molecule has 0 aromatic heterocycles. The van der Waals surface area contributed by atoms with Gasteiger partial charge in [0.15, 0.2) is 0 Å². The molecule has 110 valence electrons. The number of rotatable bonds is 5. The van der Waals surface area contributed by atoms with Gasteiger partial charge in [-0.1, -0.05) is 23.2 Å². The lowest BCUT2D eigenvalue weighted by molar-refractivity contribution is -0.137. The van der Waals surface area contributed by atoms with Crippen LogP contribution in [0.15, 0.2) is 18.2 Å². The highest BCUT2D eigenvalue weighted by molar-refractivity contribution is 6.33. The number of benzene rings is 1. The van der Waals surface area contributed by atoms with Gasteiger partial charge in [-0.25, -0.2) is 0 Å². The molecule has 20 heavy (non-hydrogen) atoms. The highest BCUT2D eigenvalue weighted by Gasteiger charge is 2.27. The van der Waals surface area contributed by atoms with E-state index >= 15 is 0 Å². The summed E-state index contributed by atoms with van der Waals surface area (Å²) in [6.07, 6.45) is 2.06. The molecule has 0 aliphatic carbocycles. The van der Waals surface area contributed by atoms with Gasteiger partial charge >= 0.3 is 5.97 Å². The second-order valence-electron chi connectivity index (χ2n) is 5.42. The fourth-order valence-electron chi connectivity index (χ4n) is 2.81. The molecular formula is C15H19Cl2NO2. The van der Waals surface area contributed by atoms with Gasteiger partial charge in [0.25, 0.3) is 0 Å². The zero-order chi connectivity index (χ0) is 14.7. The fraction of sp³-hybridized carbons (Fsp3) is 0.533. The SMILES string of the molecule is CC(c1cc(Cl)ccc1Cl)N1CCC(CCC(=O)O)C1. The Hall–Kier alpha value is -0.770. The van der Waals surface area contributed by atoms with E-state index in [0.29, 0.717) is 10.9 Å². The molecule has 1 fully saturated rings. The molecule has 1 aromatic rings. The molecule has 1 aromatic carbocycles. The number of likely N-dealkylation sites (tertiary alicyclic amines) is 1. The molecule has 2 rings (SSSR count). The second-order valence-corrected chi connectivity index (χ2v) is 6.27. The van der Waals surface area contributed by atoms with Gasteiger partial charge in [0.05, 0.1) is 0 Å². The minimum atomic E-state index is -0.714. The quantitative estimate of drug-likeness (QED) is 0.883. The van der Waals surface area contributed by atoms with Crippen LogP contribution in [0.25, 0.3) is 0 Å². The first kappa shape index (κ1) is 15.6. The number of carbonyl (C=O) groups is 1. The van der Waals surface area contributed by atoms with Crippen molar-refractivity contribution < 1.29 is 9.90 Å². The topological polar surface area (TPSA) is 40.5 Å². The molecule has 0 spiro atoms. The predicted molar refractivity (Wildman–Crippen MR) is 81.4 cm³/mol. The maximum absolute atomic E-state index is 10.6. The maximum atomic E-state index is 10.6. The van der Waals surface area contributed by atoms with Crippen molar-refractivity contribution in [2.75, 3.05) is 13.1 Å². The van der Waals surface area contributed by atoms with Crippen LogP contribution in [0.1, 0.15) is 37.8 Å². The average molecular weight is 316 g/mol. The summed E-state index contributed by atoms with van der Waals surface area (Å²) in [6.45, 7) is 4.03. The van der Waals surface area contributed by atoms with Crippen LogP contribution >= 0.6 is 23.2 Å². The zero-order valence-electron chi connectivity index (χ0n) is 11.5. The fourth-order valence-corrected chi connectivity index (χ4v) is 3.27. The van der Waals surface area contributed by atoms with Gasteiger partial charge in [-0.3, -0.25) is 9.69 Å². The number of hydrogen-bond acceptors (Lipinski definition) is 2. The van der Waals surface area contributed by atoms with E-state index in [4.69, 9.17) is 28.3 Å². The first-order valence-electron chi connectivity index (χ1n) is 6.88. The van der Waals surface area contributed by atoms with Crippen LogP contribution in [0.4, 0.5) is 0 Å². The number of aliphatic carboxylic acids is 1. The van der Waals surface area contributed by atoms with E-state index in [1.54, 1.807) is 6.07 Å². The highest BCUT2D eigenvalue weighted by atomic mass is 35.5. The van der Waals surface area contributed by atoms with E-state index in [1.807, 2.05) is 12.1 Å². The molecule has 0 bridgehead atoms. The molecule has 3 nitrogen and oxygen atoms in total. The van der Waals surface area contributed by atoms with Crippen LogP contribution in [0.3, 0.4) is 0 Å². The number of carboxylic acids is 1. The number of nitrogens with zero attached hydrogens (tertiary/aromatic N) is 1. The normalized spacial score (nSPS) is 21.1. The van der Waals surface area contributed by atoms with Gasteiger partial charge < -0.3 is 5.11 Å². The third-order valence-electron chi connectivity index (χ3n) is 4.04. The smallest absolute Gasteiger partial charge is 0.303 e. The minimum Gasteiger partial charge on any atom is -0.481 e. The Morgan fingerprint density at radius 3 is 2.95 bits per heavy atom. The average Bonchev–Trinajstić information content (AvgIpc) is 2.87. The molecule has 0 amide bonds. The van der Waals surface area contributed by atoms with E-state index in [9.17, 15) is 4.79 Å². The number of hydrogen-bond donors (Lipinski definition) is 1. The molecule has 5 heteroatoms. The standard InChI is InChI=1S/C15H19Cl2NO2/c1-10(13-8-12(16)3-4-14(13)17)18-7-6-11(9-18)2-5-15(19)20/h3-4,8,10-11H,2,5-7,9H2,1H3,(H,19,20). The van der Waals surface area contributed by atoms with Crippen molar-refractivity contribution in [3.8, 4) is 0 Å². The van der Waals surface area contributed by atoms with Crippen LogP contribution in [-0.4, -0.2) is 29.1 Å². The van der Waals surface area contributed by atoms with E-state index in [2.05, 4.69) is 11.8 Å². The Morgan fingerprint density at radius 2 is 2.25 bits per heavy atom. The monoisotopic (exact) mass is 315 g/mol. The Morgan fingerprint density at radius 1 is 1.50 bits per heavy atom. The lowest BCUT2D eigenvalue weighted by Crippen LogP contribution is -2.25. The summed E-state index contributed by atoms with van der Waals surface area (Å²) in [6, 6.07) is 5.74. The molecular weight excluding hydrogens is 297 g/mol. The van der Waals surface area contributed by atoms with Crippen molar-refractivity contribution in [1.82, 2.24) is 4.90 Å². The van der Waals surface area contributed by atoms with Crippen molar-refractivity contribution >= 4 is 29.2 Å². The minimum absolute atomic E-state index is 0.205. The van der Waals surface area contributed by atoms with Gasteiger partial charge in [0.2, 0.25) is 0 Å². The maximum Gasteiger partial charge on any atom is 0.303 e. The Labute approximate surface area is 129 Å². The Balaban J connectivity index is 1.98. The summed E-state index contributed by atoms with van der Waals surface area (Å²) in [4.78, 5) is 13.0. The zero-order valence-corrected chi connectivity index (χ0v) is 13.0. The molecule has 2 atom stereocenters. The van der Waals surface area contributed by atoms with Crippen LogP contribution in [-0.2, 0) is 4.79 Å². The van der Waals surface area contributed by atoms with Crippen molar-refractivity contribution in [2.24, 2.45) is 5.92 Å². The van der Waals surface area contributed by atoms with Crippen LogP contribution in [0, 0.1) is 5.92 Å². The van der Waals surface area contributed by atoms with E-state index in [-0.39, 0.29) is 12.5 Å². The Kier molecular flexibility index (Phi) is 5.30. The van der Waals surface area contributed by atoms with Gasteiger partial charge in [0, 0.05) is 29.1 Å². The third-order valence-corrected chi connectivity index (χ3v) is 4.62. The van der Waals surface area contributed by atoms with Crippen LogP contribution < -0.4 is 0 Å². The molecule has 1 saturated heterocycles. The third kappa shape index (κ3) is 3.87. The molecule has 2 unspecified atom stereocenters. The number of halogens is 2. The lowest BCUT2D eigenvalue weighted by Gasteiger charge is -2.25. The van der Waals surface area contributed by atoms with Gasteiger partial charge in [-0.2, -0.15) is 0 Å². The Bertz CT molecular complexity index is 493. The summed E-state index contributed by atoms with van der Waals surface area (Å²) < 4.78 is 0. The van der Waals surface area contributed by atoms with Crippen molar-refractivity contribution in [3.05, 3.63) is 33.8 Å². The molecule has 0 radical (unpaired) electrons.